The lowest BCUT2D eigenvalue weighted by atomic mass is 10.5. The Kier molecular flexibility index (Phi) is 1.06. The van der Waals surface area contributed by atoms with Gasteiger partial charge in [0.05, 0.1) is 7.05 Å². The highest BCUT2D eigenvalue weighted by atomic mass is 16.1. The second kappa shape index (κ2) is 1.91. The van der Waals surface area contributed by atoms with Gasteiger partial charge in [0, 0.05) is 0 Å². The van der Waals surface area contributed by atoms with E-state index in [-0.39, 0.29) is 5.56 Å². The molecule has 0 atom stereocenters. The molecule has 0 aliphatic carbocycles. The lowest BCUT2D eigenvalue weighted by Gasteiger charge is -1.80. The lowest BCUT2D eigenvalue weighted by Crippen LogP contribution is -2.26. The summed E-state index contributed by atoms with van der Waals surface area (Å²) in [7, 11) is 1.82. The molecule has 5 nitrogen and oxygen atoms in total. The fourth-order valence-electron chi connectivity index (χ4n) is 1.01. The van der Waals surface area contributed by atoms with E-state index in [9.17, 15) is 4.79 Å². The monoisotopic (exact) mass is 151 g/mol. The summed E-state index contributed by atoms with van der Waals surface area (Å²) in [5.74, 6) is 0. The molecule has 0 saturated heterocycles. The Bertz CT molecular complexity index is 441. The highest BCUT2D eigenvalue weighted by molar-refractivity contribution is 5.63. The molecular formula is C6H7N4O+. The number of rotatable bonds is 0. The molecule has 2 heterocycles. The van der Waals surface area contributed by atoms with Gasteiger partial charge in [-0.2, -0.15) is 0 Å². The fraction of sp³-hybridized carbons (Fsp3) is 0.167. The van der Waals surface area contributed by atoms with Crippen LogP contribution in [-0.2, 0) is 7.05 Å². The SMILES string of the molecule is C[n+]1c[nH]c2c(=O)[nH]cnc21. The first-order valence-corrected chi connectivity index (χ1v) is 3.19. The van der Waals surface area contributed by atoms with E-state index in [1.807, 2.05) is 7.05 Å². The molecule has 0 fully saturated rings. The van der Waals surface area contributed by atoms with E-state index in [4.69, 9.17) is 0 Å². The van der Waals surface area contributed by atoms with Crippen LogP contribution in [0.4, 0.5) is 0 Å². The van der Waals surface area contributed by atoms with Crippen LogP contribution in [0.15, 0.2) is 17.4 Å². The number of hydrogen-bond acceptors (Lipinski definition) is 2. The molecule has 2 N–H and O–H groups in total. The van der Waals surface area contributed by atoms with Crippen molar-refractivity contribution in [2.24, 2.45) is 7.05 Å². The Morgan fingerprint density at radius 2 is 2.36 bits per heavy atom. The van der Waals surface area contributed by atoms with Gasteiger partial charge in [0.25, 0.3) is 5.56 Å². The molecule has 0 saturated carbocycles. The van der Waals surface area contributed by atoms with E-state index < -0.39 is 0 Å². The predicted octanol–water partition coefficient (Wildman–Crippen LogP) is -0.924. The zero-order chi connectivity index (χ0) is 7.84. The van der Waals surface area contributed by atoms with Crippen LogP contribution in [0.25, 0.3) is 11.2 Å². The number of aryl methyl sites for hydroxylation is 1. The molecule has 0 radical (unpaired) electrons. The summed E-state index contributed by atoms with van der Waals surface area (Å²) in [4.78, 5) is 20.3. The molecule has 0 aliphatic heterocycles. The van der Waals surface area contributed by atoms with E-state index in [2.05, 4.69) is 15.0 Å². The Hall–Kier alpha value is -1.65. The minimum Gasteiger partial charge on any atom is -0.296 e. The number of imidazole rings is 1. The first kappa shape index (κ1) is 6.09. The minimum atomic E-state index is -0.143. The molecule has 2 aromatic rings. The van der Waals surface area contributed by atoms with Gasteiger partial charge in [-0.05, 0) is 0 Å². The van der Waals surface area contributed by atoms with Crippen molar-refractivity contribution >= 4 is 11.2 Å². The topological polar surface area (TPSA) is 65.4 Å². The zero-order valence-electron chi connectivity index (χ0n) is 5.96. The number of fused-ring (bicyclic) bond motifs is 1. The highest BCUT2D eigenvalue weighted by Crippen LogP contribution is 1.91. The van der Waals surface area contributed by atoms with Crippen molar-refractivity contribution in [2.75, 3.05) is 0 Å². The quantitative estimate of drug-likeness (QED) is 0.478. The minimum absolute atomic E-state index is 0.143. The van der Waals surface area contributed by atoms with Crippen LogP contribution in [0.3, 0.4) is 0 Å². The van der Waals surface area contributed by atoms with Crippen molar-refractivity contribution in [3.63, 3.8) is 0 Å². The van der Waals surface area contributed by atoms with Crippen LogP contribution in [0, 0.1) is 0 Å². The van der Waals surface area contributed by atoms with Gasteiger partial charge >= 0.3 is 5.65 Å². The van der Waals surface area contributed by atoms with Crippen LogP contribution in [0.2, 0.25) is 0 Å². The Balaban J connectivity index is 3.06. The van der Waals surface area contributed by atoms with Crippen molar-refractivity contribution in [2.45, 2.75) is 0 Å². The molecule has 0 aliphatic rings. The molecule has 56 valence electrons. The van der Waals surface area contributed by atoms with Crippen molar-refractivity contribution in [3.8, 4) is 0 Å². The van der Waals surface area contributed by atoms with E-state index in [0.717, 1.165) is 0 Å². The highest BCUT2D eigenvalue weighted by Gasteiger charge is 2.09. The zero-order valence-corrected chi connectivity index (χ0v) is 5.96. The largest absolute Gasteiger partial charge is 0.308 e. The summed E-state index contributed by atoms with van der Waals surface area (Å²) >= 11 is 0. The van der Waals surface area contributed by atoms with Gasteiger partial charge in [-0.15, -0.1) is 0 Å². The smallest absolute Gasteiger partial charge is 0.296 e. The second-order valence-electron chi connectivity index (χ2n) is 2.31. The van der Waals surface area contributed by atoms with Crippen LogP contribution in [-0.4, -0.2) is 15.0 Å². The summed E-state index contributed by atoms with van der Waals surface area (Å²) in [6, 6.07) is 0. The summed E-state index contributed by atoms with van der Waals surface area (Å²) in [5, 5.41) is 0. The number of hydrogen-bond donors (Lipinski definition) is 2. The van der Waals surface area contributed by atoms with E-state index >= 15 is 0 Å². The molecule has 0 bridgehead atoms. The molecular weight excluding hydrogens is 144 g/mol. The Labute approximate surface area is 61.7 Å². The average Bonchev–Trinajstić information content (AvgIpc) is 2.35. The maximum atomic E-state index is 11.1. The van der Waals surface area contributed by atoms with Crippen LogP contribution in [0.1, 0.15) is 0 Å². The first-order chi connectivity index (χ1) is 5.29. The van der Waals surface area contributed by atoms with Crippen molar-refractivity contribution in [1.82, 2.24) is 15.0 Å². The number of aromatic nitrogens is 4. The Morgan fingerprint density at radius 3 is 3.09 bits per heavy atom. The van der Waals surface area contributed by atoms with Gasteiger partial charge in [-0.3, -0.25) is 14.8 Å². The van der Waals surface area contributed by atoms with Crippen LogP contribution < -0.4 is 10.1 Å². The summed E-state index contributed by atoms with van der Waals surface area (Å²) in [6.07, 6.45) is 3.07. The predicted molar refractivity (Wildman–Crippen MR) is 37.9 cm³/mol. The van der Waals surface area contributed by atoms with Crippen LogP contribution in [0.5, 0.6) is 0 Å². The number of aromatic amines is 2. The fourth-order valence-corrected chi connectivity index (χ4v) is 1.01. The van der Waals surface area contributed by atoms with Gasteiger partial charge in [0.15, 0.2) is 12.7 Å². The molecule has 2 aromatic heterocycles. The van der Waals surface area contributed by atoms with Gasteiger partial charge in [0.1, 0.15) is 0 Å². The molecule has 2 rings (SSSR count). The van der Waals surface area contributed by atoms with Gasteiger partial charge in [-0.25, -0.2) is 4.57 Å². The number of nitrogens with one attached hydrogen (secondary N) is 2. The molecule has 5 heteroatoms. The van der Waals surface area contributed by atoms with Crippen LogP contribution >= 0.6 is 0 Å². The van der Waals surface area contributed by atoms with E-state index in [0.29, 0.717) is 11.2 Å². The standard InChI is InChI=1S/C6H6N4O/c1-10-3-9-4-5(10)7-2-8-6(4)11/h2-3H,1H3,(H,7,8,11)/p+1. The van der Waals surface area contributed by atoms with E-state index in [1.54, 1.807) is 10.9 Å². The van der Waals surface area contributed by atoms with E-state index in [1.165, 1.54) is 6.33 Å². The maximum Gasteiger partial charge on any atom is 0.308 e. The molecule has 0 amide bonds. The number of nitrogens with zero attached hydrogens (tertiary/aromatic N) is 2. The Morgan fingerprint density at radius 1 is 1.55 bits per heavy atom. The van der Waals surface area contributed by atoms with Crippen molar-refractivity contribution in [3.05, 3.63) is 23.0 Å². The lowest BCUT2D eigenvalue weighted by molar-refractivity contribution is -0.646. The number of H-pyrrole nitrogens is 2. The van der Waals surface area contributed by atoms with Gasteiger partial charge in [-0.1, -0.05) is 4.98 Å². The van der Waals surface area contributed by atoms with Crippen molar-refractivity contribution < 1.29 is 4.57 Å². The van der Waals surface area contributed by atoms with Gasteiger partial charge < -0.3 is 0 Å². The third kappa shape index (κ3) is 0.739. The van der Waals surface area contributed by atoms with Gasteiger partial charge in [0.2, 0.25) is 5.52 Å². The normalized spacial score (nSPS) is 10.6. The third-order valence-electron chi connectivity index (χ3n) is 1.57. The second-order valence-corrected chi connectivity index (χ2v) is 2.31. The molecule has 0 spiro atoms. The summed E-state index contributed by atoms with van der Waals surface area (Å²) in [6.45, 7) is 0. The molecule has 0 aromatic carbocycles. The summed E-state index contributed by atoms with van der Waals surface area (Å²) < 4.78 is 1.75. The average molecular weight is 151 g/mol. The third-order valence-corrected chi connectivity index (χ3v) is 1.57. The maximum absolute atomic E-state index is 11.1. The molecule has 0 unspecified atom stereocenters. The first-order valence-electron chi connectivity index (χ1n) is 3.19. The van der Waals surface area contributed by atoms with Crippen molar-refractivity contribution in [1.29, 1.82) is 0 Å². The summed E-state index contributed by atoms with van der Waals surface area (Å²) in [5.41, 5.74) is 1.03. The molecule has 11 heavy (non-hydrogen) atoms.